The molecule has 5 nitrogen and oxygen atoms in total. The van der Waals surface area contributed by atoms with Gasteiger partial charge in [0.25, 0.3) is 0 Å². The second-order valence-electron chi connectivity index (χ2n) is 11.5. The van der Waals surface area contributed by atoms with Gasteiger partial charge < -0.3 is 14.2 Å². The van der Waals surface area contributed by atoms with Crippen molar-refractivity contribution in [1.29, 1.82) is 0 Å². The maximum atomic E-state index is 12.4. The lowest BCUT2D eigenvalue weighted by Gasteiger charge is -2.11. The second-order valence-corrected chi connectivity index (χ2v) is 11.5. The Morgan fingerprint density at radius 3 is 1.88 bits per heavy atom. The van der Waals surface area contributed by atoms with E-state index in [1.165, 1.54) is 44.9 Å². The van der Waals surface area contributed by atoms with Crippen LogP contribution in [0.3, 0.4) is 0 Å². The Bertz CT molecular complexity index is 1200. The van der Waals surface area contributed by atoms with Crippen LogP contribution in [0.2, 0.25) is 0 Å². The average Bonchev–Trinajstić information content (AvgIpc) is 3.03. The van der Waals surface area contributed by atoms with Gasteiger partial charge in [0.15, 0.2) is 0 Å². The summed E-state index contributed by atoms with van der Waals surface area (Å²) in [5, 5.41) is 0. The summed E-state index contributed by atoms with van der Waals surface area (Å²) < 4.78 is 16.8. The standard InChI is InChI=1S/C38H50O5/c1-4-6-7-8-9-10-11-12-28-41-35-23-19-33(20-24-35)32-17-14-31(15-18-32)16-27-37(39)43-36-25-21-34(22-26-36)38(40)42-29-30(3)13-5-2/h14-15,17-26,30H,4-13,16,27-29H2,1-3H3. The topological polar surface area (TPSA) is 61.8 Å². The molecule has 0 spiro atoms. The van der Waals surface area contributed by atoms with Crippen LogP contribution in [-0.2, 0) is 16.0 Å². The van der Waals surface area contributed by atoms with Gasteiger partial charge in [-0.3, -0.25) is 4.79 Å². The Morgan fingerprint density at radius 1 is 0.674 bits per heavy atom. The van der Waals surface area contributed by atoms with Crippen molar-refractivity contribution < 1.29 is 23.8 Å². The first-order valence-corrected chi connectivity index (χ1v) is 16.3. The van der Waals surface area contributed by atoms with Crippen LogP contribution in [0.1, 0.15) is 107 Å². The van der Waals surface area contributed by atoms with E-state index in [4.69, 9.17) is 14.2 Å². The second kappa shape index (κ2) is 19.6. The van der Waals surface area contributed by atoms with Crippen LogP contribution in [-0.4, -0.2) is 25.2 Å². The molecule has 3 aromatic carbocycles. The molecule has 0 radical (unpaired) electrons. The number of hydrogen-bond donors (Lipinski definition) is 0. The number of esters is 2. The van der Waals surface area contributed by atoms with Crippen LogP contribution in [0.25, 0.3) is 11.1 Å². The summed E-state index contributed by atoms with van der Waals surface area (Å²) in [7, 11) is 0. The van der Waals surface area contributed by atoms with Crippen LogP contribution in [0.4, 0.5) is 0 Å². The van der Waals surface area contributed by atoms with Crippen LogP contribution in [0.5, 0.6) is 11.5 Å². The molecular weight excluding hydrogens is 536 g/mol. The molecule has 1 unspecified atom stereocenters. The summed E-state index contributed by atoms with van der Waals surface area (Å²) in [5.74, 6) is 0.999. The van der Waals surface area contributed by atoms with E-state index in [1.807, 2.05) is 12.1 Å². The molecule has 0 aliphatic rings. The normalized spacial score (nSPS) is 11.6. The maximum Gasteiger partial charge on any atom is 0.338 e. The minimum Gasteiger partial charge on any atom is -0.494 e. The minimum absolute atomic E-state index is 0.267. The lowest BCUT2D eigenvalue weighted by Crippen LogP contribution is -2.12. The SMILES string of the molecule is CCCCCCCCCCOc1ccc(-c2ccc(CCC(=O)Oc3ccc(C(=O)OCC(C)CCC)cc3)cc2)cc1. The maximum absolute atomic E-state index is 12.4. The van der Waals surface area contributed by atoms with E-state index >= 15 is 0 Å². The monoisotopic (exact) mass is 586 g/mol. The Hall–Kier alpha value is -3.60. The molecule has 0 saturated heterocycles. The molecule has 0 fully saturated rings. The van der Waals surface area contributed by atoms with Crippen molar-refractivity contribution in [2.24, 2.45) is 5.92 Å². The highest BCUT2D eigenvalue weighted by Gasteiger charge is 2.11. The van der Waals surface area contributed by atoms with Crippen LogP contribution >= 0.6 is 0 Å². The number of carbonyl (C=O) groups is 2. The third-order valence-electron chi connectivity index (χ3n) is 7.63. The molecular formula is C38H50O5. The molecule has 0 bridgehead atoms. The molecule has 3 rings (SSSR count). The predicted molar refractivity (Wildman–Crippen MR) is 175 cm³/mol. The third kappa shape index (κ3) is 13.1. The Kier molecular flexibility index (Phi) is 15.4. The largest absolute Gasteiger partial charge is 0.494 e. The van der Waals surface area contributed by atoms with E-state index in [0.29, 0.717) is 30.3 Å². The highest BCUT2D eigenvalue weighted by Crippen LogP contribution is 2.24. The lowest BCUT2D eigenvalue weighted by molar-refractivity contribution is -0.134. The molecule has 1 atom stereocenters. The molecule has 0 aliphatic heterocycles. The Labute approximate surface area is 259 Å². The van der Waals surface area contributed by atoms with Crippen molar-refractivity contribution in [1.82, 2.24) is 0 Å². The quantitative estimate of drug-likeness (QED) is 0.0749. The summed E-state index contributed by atoms with van der Waals surface area (Å²) in [6.07, 6.45) is 13.3. The van der Waals surface area contributed by atoms with Crippen molar-refractivity contribution in [3.05, 3.63) is 83.9 Å². The predicted octanol–water partition coefficient (Wildman–Crippen LogP) is 10.0. The molecule has 232 valence electrons. The third-order valence-corrected chi connectivity index (χ3v) is 7.63. The first-order valence-electron chi connectivity index (χ1n) is 16.3. The summed E-state index contributed by atoms with van der Waals surface area (Å²) in [4.78, 5) is 24.6. The molecule has 0 N–H and O–H groups in total. The van der Waals surface area contributed by atoms with Gasteiger partial charge in [-0.2, -0.15) is 0 Å². The van der Waals surface area contributed by atoms with Gasteiger partial charge in [-0.1, -0.05) is 109 Å². The van der Waals surface area contributed by atoms with Gasteiger partial charge >= 0.3 is 11.9 Å². The number of aryl methyl sites for hydroxylation is 1. The number of benzene rings is 3. The van der Waals surface area contributed by atoms with E-state index in [1.54, 1.807) is 24.3 Å². The number of ether oxygens (including phenoxy) is 3. The molecule has 5 heteroatoms. The lowest BCUT2D eigenvalue weighted by atomic mass is 10.0. The molecule has 0 heterocycles. The van der Waals surface area contributed by atoms with Gasteiger partial charge in [0.1, 0.15) is 11.5 Å². The van der Waals surface area contributed by atoms with Crippen molar-refractivity contribution in [3.8, 4) is 22.6 Å². The molecule has 0 aliphatic carbocycles. The fraction of sp³-hybridized carbons (Fsp3) is 0.474. The molecule has 0 amide bonds. The van der Waals surface area contributed by atoms with Gasteiger partial charge in [0.05, 0.1) is 18.8 Å². The van der Waals surface area contributed by atoms with Crippen molar-refractivity contribution in [2.75, 3.05) is 13.2 Å². The zero-order valence-electron chi connectivity index (χ0n) is 26.4. The van der Waals surface area contributed by atoms with E-state index in [0.717, 1.165) is 48.3 Å². The highest BCUT2D eigenvalue weighted by molar-refractivity contribution is 5.89. The van der Waals surface area contributed by atoms with E-state index < -0.39 is 0 Å². The van der Waals surface area contributed by atoms with Crippen molar-refractivity contribution in [2.45, 2.75) is 97.8 Å². The first kappa shape index (κ1) is 33.9. The zero-order chi connectivity index (χ0) is 30.7. The number of unbranched alkanes of at least 4 members (excludes halogenated alkanes) is 7. The minimum atomic E-state index is -0.359. The summed E-state index contributed by atoms with van der Waals surface area (Å²) in [6, 6.07) is 23.0. The molecule has 0 saturated carbocycles. The van der Waals surface area contributed by atoms with Crippen molar-refractivity contribution in [3.63, 3.8) is 0 Å². The van der Waals surface area contributed by atoms with Gasteiger partial charge in [-0.15, -0.1) is 0 Å². The fourth-order valence-electron chi connectivity index (χ4n) is 5.00. The van der Waals surface area contributed by atoms with E-state index in [9.17, 15) is 9.59 Å². The number of carbonyl (C=O) groups excluding carboxylic acids is 2. The van der Waals surface area contributed by atoms with Gasteiger partial charge in [0.2, 0.25) is 0 Å². The Morgan fingerprint density at radius 2 is 1.26 bits per heavy atom. The first-order chi connectivity index (χ1) is 21.0. The Balaban J connectivity index is 1.35. The van der Waals surface area contributed by atoms with E-state index in [2.05, 4.69) is 57.2 Å². The highest BCUT2D eigenvalue weighted by atomic mass is 16.5. The molecule has 3 aromatic rings. The fourth-order valence-corrected chi connectivity index (χ4v) is 5.00. The smallest absolute Gasteiger partial charge is 0.338 e. The van der Waals surface area contributed by atoms with Crippen molar-refractivity contribution >= 4 is 11.9 Å². The van der Waals surface area contributed by atoms with Gasteiger partial charge in [-0.25, -0.2) is 4.79 Å². The zero-order valence-corrected chi connectivity index (χ0v) is 26.4. The van der Waals surface area contributed by atoms with Crippen LogP contribution in [0.15, 0.2) is 72.8 Å². The summed E-state index contributed by atoms with van der Waals surface area (Å²) in [5.41, 5.74) is 3.78. The van der Waals surface area contributed by atoms with Crippen LogP contribution in [0, 0.1) is 5.92 Å². The van der Waals surface area contributed by atoms with Gasteiger partial charge in [0, 0.05) is 6.42 Å². The molecule has 43 heavy (non-hydrogen) atoms. The number of hydrogen-bond acceptors (Lipinski definition) is 5. The molecule has 0 aromatic heterocycles. The van der Waals surface area contributed by atoms with E-state index in [-0.39, 0.29) is 18.4 Å². The summed E-state index contributed by atoms with van der Waals surface area (Å²) in [6.45, 7) is 7.62. The average molecular weight is 587 g/mol. The summed E-state index contributed by atoms with van der Waals surface area (Å²) >= 11 is 0. The van der Waals surface area contributed by atoms with Crippen LogP contribution < -0.4 is 9.47 Å². The van der Waals surface area contributed by atoms with Gasteiger partial charge in [-0.05, 0) is 78.3 Å². The number of rotatable bonds is 20.